The summed E-state index contributed by atoms with van der Waals surface area (Å²) in [5.74, 6) is -0.427. The third-order valence-electron chi connectivity index (χ3n) is 5.45. The molecule has 0 saturated carbocycles. The van der Waals surface area contributed by atoms with Gasteiger partial charge >= 0.3 is 0 Å². The summed E-state index contributed by atoms with van der Waals surface area (Å²) in [6.07, 6.45) is 1.42. The first-order valence-corrected chi connectivity index (χ1v) is 13.1. The summed E-state index contributed by atoms with van der Waals surface area (Å²) in [6, 6.07) is 13.4. The largest absolute Gasteiger partial charge is 0.495 e. The van der Waals surface area contributed by atoms with Crippen LogP contribution in [0.3, 0.4) is 0 Å². The minimum absolute atomic E-state index is 0.0990. The van der Waals surface area contributed by atoms with Crippen molar-refractivity contribution < 1.29 is 22.7 Å². The number of rotatable bonds is 11. The van der Waals surface area contributed by atoms with Gasteiger partial charge in [0.05, 0.1) is 19.1 Å². The normalized spacial score (nSPS) is 12.2. The number of nitrogens with zero attached hydrogens (tertiary/aromatic N) is 2. The average Bonchev–Trinajstić information content (AvgIpc) is 2.77. The number of sulfonamides is 1. The fourth-order valence-corrected chi connectivity index (χ4v) is 4.55. The van der Waals surface area contributed by atoms with Gasteiger partial charge < -0.3 is 15.0 Å². The molecule has 0 heterocycles. The number of hydrogen-bond acceptors (Lipinski definition) is 5. The fourth-order valence-electron chi connectivity index (χ4n) is 3.70. The van der Waals surface area contributed by atoms with Gasteiger partial charge in [-0.1, -0.05) is 43.3 Å². The second-order valence-corrected chi connectivity index (χ2v) is 10.4. The van der Waals surface area contributed by atoms with Crippen LogP contribution in [-0.2, 0) is 26.2 Å². The summed E-state index contributed by atoms with van der Waals surface area (Å²) in [5, 5.41) is 2.88. The van der Waals surface area contributed by atoms with Gasteiger partial charge in [-0.3, -0.25) is 13.9 Å². The second kappa shape index (κ2) is 11.9. The van der Waals surface area contributed by atoms with Crippen molar-refractivity contribution in [3.63, 3.8) is 0 Å². The molecule has 0 aliphatic carbocycles. The van der Waals surface area contributed by atoms with Crippen LogP contribution in [0, 0.1) is 6.92 Å². The molecule has 2 amide bonds. The predicted octanol–water partition coefficient (Wildman–Crippen LogP) is 3.10. The zero-order valence-corrected chi connectivity index (χ0v) is 21.6. The number of hydrogen-bond donors (Lipinski definition) is 1. The lowest BCUT2D eigenvalue weighted by atomic mass is 10.1. The summed E-state index contributed by atoms with van der Waals surface area (Å²) in [4.78, 5) is 28.1. The molecular formula is C25H35N3O5S. The Labute approximate surface area is 202 Å². The summed E-state index contributed by atoms with van der Waals surface area (Å²) in [6.45, 7) is 7.19. The minimum atomic E-state index is -3.83. The first-order valence-electron chi connectivity index (χ1n) is 11.2. The summed E-state index contributed by atoms with van der Waals surface area (Å²) in [5.41, 5.74) is 2.12. The van der Waals surface area contributed by atoms with Crippen LogP contribution in [0.5, 0.6) is 5.75 Å². The summed E-state index contributed by atoms with van der Waals surface area (Å²) in [7, 11) is -2.39. The van der Waals surface area contributed by atoms with Crippen LogP contribution in [0.2, 0.25) is 0 Å². The van der Waals surface area contributed by atoms with E-state index >= 15 is 0 Å². The van der Waals surface area contributed by atoms with Crippen molar-refractivity contribution in [2.24, 2.45) is 0 Å². The Hall–Kier alpha value is -3.07. The molecule has 186 valence electrons. The van der Waals surface area contributed by atoms with Crippen LogP contribution < -0.4 is 14.4 Å². The number of para-hydroxylation sites is 2. The van der Waals surface area contributed by atoms with Gasteiger partial charge in [0, 0.05) is 12.6 Å². The molecule has 1 atom stereocenters. The van der Waals surface area contributed by atoms with Gasteiger partial charge in [-0.15, -0.1) is 0 Å². The number of methoxy groups -OCH3 is 1. The molecule has 0 spiro atoms. The van der Waals surface area contributed by atoms with Crippen LogP contribution in [-0.4, -0.2) is 57.1 Å². The SMILES string of the molecule is CC[C@@H](C(=O)NC(C)C)N(Cc1ccccc1C)C(=O)CN(c1ccccc1OC)S(C)(=O)=O. The number of anilines is 1. The van der Waals surface area contributed by atoms with Gasteiger partial charge in [0.25, 0.3) is 0 Å². The summed E-state index contributed by atoms with van der Waals surface area (Å²) >= 11 is 0. The lowest BCUT2D eigenvalue weighted by Gasteiger charge is -2.33. The molecule has 2 aromatic rings. The highest BCUT2D eigenvalue weighted by Crippen LogP contribution is 2.29. The van der Waals surface area contributed by atoms with Crippen LogP contribution >= 0.6 is 0 Å². The van der Waals surface area contributed by atoms with E-state index in [1.165, 1.54) is 12.0 Å². The van der Waals surface area contributed by atoms with Crippen LogP contribution in [0.1, 0.15) is 38.3 Å². The molecule has 0 unspecified atom stereocenters. The molecule has 0 saturated heterocycles. The van der Waals surface area contributed by atoms with Crippen LogP contribution in [0.25, 0.3) is 0 Å². The van der Waals surface area contributed by atoms with Crippen molar-refractivity contribution in [2.75, 3.05) is 24.2 Å². The van der Waals surface area contributed by atoms with E-state index in [9.17, 15) is 18.0 Å². The molecule has 34 heavy (non-hydrogen) atoms. The Bertz CT molecular complexity index is 1100. The third-order valence-corrected chi connectivity index (χ3v) is 6.58. The number of nitrogens with one attached hydrogen (secondary N) is 1. The van der Waals surface area contributed by atoms with Gasteiger partial charge in [-0.25, -0.2) is 8.42 Å². The van der Waals surface area contributed by atoms with E-state index in [0.717, 1.165) is 21.7 Å². The number of carbonyl (C=O) groups is 2. The number of aryl methyl sites for hydroxylation is 1. The minimum Gasteiger partial charge on any atom is -0.495 e. The molecule has 0 aliphatic heterocycles. The maximum atomic E-state index is 13.7. The molecule has 0 bridgehead atoms. The number of amides is 2. The van der Waals surface area contributed by atoms with E-state index in [1.54, 1.807) is 24.3 Å². The van der Waals surface area contributed by atoms with Crippen molar-refractivity contribution in [3.05, 3.63) is 59.7 Å². The van der Waals surface area contributed by atoms with Gasteiger partial charge in [0.15, 0.2) is 0 Å². The third kappa shape index (κ3) is 6.96. The smallest absolute Gasteiger partial charge is 0.244 e. The van der Waals surface area contributed by atoms with Crippen molar-refractivity contribution >= 4 is 27.5 Å². The first-order chi connectivity index (χ1) is 16.0. The Morgan fingerprint density at radius 3 is 2.24 bits per heavy atom. The van der Waals surface area contributed by atoms with E-state index in [4.69, 9.17) is 4.74 Å². The monoisotopic (exact) mass is 489 g/mol. The molecule has 2 rings (SSSR count). The summed E-state index contributed by atoms with van der Waals surface area (Å²) < 4.78 is 31.8. The topological polar surface area (TPSA) is 96.0 Å². The highest BCUT2D eigenvalue weighted by atomic mass is 32.2. The standard InChI is InChI=1S/C25H35N3O5S/c1-7-21(25(30)26-18(2)3)27(16-20-13-9-8-12-19(20)4)24(29)17-28(34(6,31)32)22-14-10-11-15-23(22)33-5/h8-15,18,21H,7,16-17H2,1-6H3,(H,26,30)/t21-/m0/s1. The number of carbonyl (C=O) groups excluding carboxylic acids is 2. The molecule has 0 radical (unpaired) electrons. The first kappa shape index (κ1) is 27.2. The fraction of sp³-hybridized carbons (Fsp3) is 0.440. The van der Waals surface area contributed by atoms with Crippen LogP contribution in [0.4, 0.5) is 5.69 Å². The van der Waals surface area contributed by atoms with E-state index in [2.05, 4.69) is 5.32 Å². The Morgan fingerprint density at radius 1 is 1.06 bits per heavy atom. The van der Waals surface area contributed by atoms with E-state index in [1.807, 2.05) is 52.0 Å². The molecule has 2 aromatic carbocycles. The van der Waals surface area contributed by atoms with Gasteiger partial charge in [0.2, 0.25) is 21.8 Å². The lowest BCUT2D eigenvalue weighted by molar-refractivity contribution is -0.140. The maximum absolute atomic E-state index is 13.7. The molecular weight excluding hydrogens is 454 g/mol. The number of benzene rings is 2. The average molecular weight is 490 g/mol. The molecule has 0 aromatic heterocycles. The second-order valence-electron chi connectivity index (χ2n) is 8.48. The van der Waals surface area contributed by atoms with Gasteiger partial charge in [-0.2, -0.15) is 0 Å². The highest BCUT2D eigenvalue weighted by molar-refractivity contribution is 7.92. The Balaban J connectivity index is 2.49. The van der Waals surface area contributed by atoms with Crippen molar-refractivity contribution in [2.45, 2.75) is 52.7 Å². The zero-order chi connectivity index (χ0) is 25.5. The quantitative estimate of drug-likeness (QED) is 0.523. The lowest BCUT2D eigenvalue weighted by Crippen LogP contribution is -2.53. The van der Waals surface area contributed by atoms with Gasteiger partial charge in [-0.05, 0) is 50.5 Å². The van der Waals surface area contributed by atoms with Crippen molar-refractivity contribution in [3.8, 4) is 5.75 Å². The molecule has 0 aliphatic rings. The van der Waals surface area contributed by atoms with Crippen molar-refractivity contribution in [1.29, 1.82) is 0 Å². The van der Waals surface area contributed by atoms with E-state index < -0.39 is 28.5 Å². The highest BCUT2D eigenvalue weighted by Gasteiger charge is 2.32. The maximum Gasteiger partial charge on any atom is 0.244 e. The zero-order valence-electron chi connectivity index (χ0n) is 20.7. The molecule has 8 nitrogen and oxygen atoms in total. The van der Waals surface area contributed by atoms with Crippen LogP contribution in [0.15, 0.2) is 48.5 Å². The molecule has 9 heteroatoms. The molecule has 0 fully saturated rings. The van der Waals surface area contributed by atoms with Gasteiger partial charge in [0.1, 0.15) is 18.3 Å². The van der Waals surface area contributed by atoms with Crippen molar-refractivity contribution in [1.82, 2.24) is 10.2 Å². The number of ether oxygens (including phenoxy) is 1. The van der Waals surface area contributed by atoms with E-state index in [0.29, 0.717) is 12.2 Å². The Morgan fingerprint density at radius 2 is 1.68 bits per heavy atom. The Kier molecular flexibility index (Phi) is 9.49. The predicted molar refractivity (Wildman–Crippen MR) is 134 cm³/mol. The molecule has 1 N–H and O–H groups in total. The van der Waals surface area contributed by atoms with E-state index in [-0.39, 0.29) is 24.2 Å².